The van der Waals surface area contributed by atoms with E-state index in [1.807, 2.05) is 24.3 Å². The lowest BCUT2D eigenvalue weighted by Gasteiger charge is -2.20. The van der Waals surface area contributed by atoms with Crippen molar-refractivity contribution in [3.05, 3.63) is 75.8 Å². The van der Waals surface area contributed by atoms with Crippen molar-refractivity contribution in [2.24, 2.45) is 5.92 Å². The predicted octanol–water partition coefficient (Wildman–Crippen LogP) is 3.90. The fourth-order valence-electron chi connectivity index (χ4n) is 3.55. The maximum atomic E-state index is 12.3. The van der Waals surface area contributed by atoms with Gasteiger partial charge in [0, 0.05) is 11.5 Å². The van der Waals surface area contributed by atoms with Crippen molar-refractivity contribution in [1.29, 1.82) is 0 Å². The van der Waals surface area contributed by atoms with Crippen LogP contribution in [0.5, 0.6) is 0 Å². The minimum Gasteiger partial charge on any atom is -0.334 e. The molecule has 0 amide bonds. The van der Waals surface area contributed by atoms with Gasteiger partial charge in [-0.15, -0.1) is 0 Å². The third-order valence-electron chi connectivity index (χ3n) is 5.45. The second-order valence-electron chi connectivity index (χ2n) is 7.72. The van der Waals surface area contributed by atoms with Gasteiger partial charge in [-0.25, -0.2) is 4.98 Å². The number of nitrogens with one attached hydrogen (secondary N) is 1. The number of benzene rings is 2. The van der Waals surface area contributed by atoms with E-state index in [0.29, 0.717) is 29.8 Å². The molecule has 0 unspecified atom stereocenters. The Morgan fingerprint density at radius 2 is 1.67 bits per heavy atom. The molecule has 0 aliphatic heterocycles. The molecule has 4 heteroatoms. The van der Waals surface area contributed by atoms with Crippen LogP contribution in [-0.2, 0) is 6.54 Å². The van der Waals surface area contributed by atoms with Gasteiger partial charge in [0.2, 0.25) is 0 Å². The molecule has 0 saturated carbocycles. The van der Waals surface area contributed by atoms with Crippen molar-refractivity contribution in [1.82, 2.24) is 9.97 Å². The van der Waals surface area contributed by atoms with E-state index in [-0.39, 0.29) is 5.56 Å². The SMILES string of the molecule is CC[C@@H](C)c1ccc([C@@H]([NH2+]Cc2nc3ccccc3c(=O)[nH]2)C(C)C)cc1. The van der Waals surface area contributed by atoms with Crippen molar-refractivity contribution in [3.63, 3.8) is 0 Å². The fourth-order valence-corrected chi connectivity index (χ4v) is 3.55. The lowest BCUT2D eigenvalue weighted by Crippen LogP contribution is -2.85. The molecule has 1 aromatic heterocycles. The molecule has 3 rings (SSSR count). The van der Waals surface area contributed by atoms with Crippen molar-refractivity contribution in [3.8, 4) is 0 Å². The first-order valence-corrected chi connectivity index (χ1v) is 9.90. The number of rotatable bonds is 7. The number of hydrogen-bond donors (Lipinski definition) is 2. The first-order valence-electron chi connectivity index (χ1n) is 9.90. The summed E-state index contributed by atoms with van der Waals surface area (Å²) in [6.45, 7) is 9.61. The summed E-state index contributed by atoms with van der Waals surface area (Å²) in [6, 6.07) is 16.8. The van der Waals surface area contributed by atoms with Gasteiger partial charge in [-0.05, 0) is 30.0 Å². The van der Waals surface area contributed by atoms with E-state index in [9.17, 15) is 4.79 Å². The van der Waals surface area contributed by atoms with Crippen LogP contribution in [0.25, 0.3) is 10.9 Å². The number of nitrogens with zero attached hydrogens (tertiary/aromatic N) is 1. The van der Waals surface area contributed by atoms with Crippen LogP contribution < -0.4 is 10.9 Å². The summed E-state index contributed by atoms with van der Waals surface area (Å²) in [4.78, 5) is 19.8. The largest absolute Gasteiger partial charge is 0.334 e. The van der Waals surface area contributed by atoms with E-state index in [2.05, 4.69) is 67.2 Å². The Kier molecular flexibility index (Phi) is 6.07. The molecule has 3 N–H and O–H groups in total. The zero-order chi connectivity index (χ0) is 19.4. The highest BCUT2D eigenvalue weighted by Gasteiger charge is 2.20. The van der Waals surface area contributed by atoms with Gasteiger partial charge in [0.05, 0.1) is 10.9 Å². The minimum absolute atomic E-state index is 0.0667. The number of quaternary nitrogens is 1. The van der Waals surface area contributed by atoms with Crippen molar-refractivity contribution >= 4 is 10.9 Å². The minimum atomic E-state index is -0.0667. The van der Waals surface area contributed by atoms with Crippen LogP contribution in [0.3, 0.4) is 0 Å². The first kappa shape index (κ1) is 19.3. The van der Waals surface area contributed by atoms with E-state index in [4.69, 9.17) is 0 Å². The Morgan fingerprint density at radius 3 is 2.33 bits per heavy atom. The summed E-state index contributed by atoms with van der Waals surface area (Å²) in [6.07, 6.45) is 1.15. The second kappa shape index (κ2) is 8.49. The van der Waals surface area contributed by atoms with Crippen LogP contribution in [-0.4, -0.2) is 9.97 Å². The molecule has 0 radical (unpaired) electrons. The van der Waals surface area contributed by atoms with Gasteiger partial charge in [0.25, 0.3) is 5.56 Å². The molecule has 4 nitrogen and oxygen atoms in total. The zero-order valence-corrected chi connectivity index (χ0v) is 16.7. The quantitative estimate of drug-likeness (QED) is 0.668. The summed E-state index contributed by atoms with van der Waals surface area (Å²) in [5, 5.41) is 2.91. The summed E-state index contributed by atoms with van der Waals surface area (Å²) in [5.41, 5.74) is 3.40. The third-order valence-corrected chi connectivity index (χ3v) is 5.45. The average Bonchev–Trinajstić information content (AvgIpc) is 2.68. The topological polar surface area (TPSA) is 62.4 Å². The lowest BCUT2D eigenvalue weighted by atomic mass is 9.92. The Balaban J connectivity index is 1.78. The number of H-pyrrole nitrogens is 1. The molecular formula is C23H30N3O+. The number of fused-ring (bicyclic) bond motifs is 1. The number of aromatic amines is 1. The number of para-hydroxylation sites is 1. The molecule has 0 bridgehead atoms. The molecule has 0 saturated heterocycles. The standard InChI is InChI=1S/C23H29N3O/c1-5-16(4)17-10-12-18(13-11-17)22(15(2)3)24-14-21-25-20-9-7-6-8-19(20)23(27)26-21/h6-13,15-16,22,24H,5,14H2,1-4H3,(H,25,26,27)/p+1/t16-,22+/m1/s1. The number of hydrogen-bond acceptors (Lipinski definition) is 2. The Morgan fingerprint density at radius 1 is 1.00 bits per heavy atom. The van der Waals surface area contributed by atoms with Gasteiger partial charge < -0.3 is 10.3 Å². The number of aromatic nitrogens is 2. The first-order chi connectivity index (χ1) is 13.0. The van der Waals surface area contributed by atoms with E-state index in [1.165, 1.54) is 11.1 Å². The van der Waals surface area contributed by atoms with Crippen molar-refractivity contribution in [2.45, 2.75) is 52.6 Å². The Labute approximate surface area is 161 Å². The number of nitrogens with two attached hydrogens (primary N) is 1. The zero-order valence-electron chi connectivity index (χ0n) is 16.7. The maximum Gasteiger partial charge on any atom is 0.258 e. The lowest BCUT2D eigenvalue weighted by molar-refractivity contribution is -0.718. The van der Waals surface area contributed by atoms with Crippen LogP contribution in [0.4, 0.5) is 0 Å². The van der Waals surface area contributed by atoms with Gasteiger partial charge in [0.1, 0.15) is 12.6 Å². The van der Waals surface area contributed by atoms with E-state index in [0.717, 1.165) is 17.8 Å². The summed E-state index contributed by atoms with van der Waals surface area (Å²) in [5.74, 6) is 1.79. The third kappa shape index (κ3) is 4.45. The van der Waals surface area contributed by atoms with E-state index >= 15 is 0 Å². The molecule has 3 aromatic rings. The Hall–Kier alpha value is -2.46. The van der Waals surface area contributed by atoms with Crippen LogP contribution in [0.1, 0.15) is 63.0 Å². The molecule has 27 heavy (non-hydrogen) atoms. The Bertz CT molecular complexity index is 944. The molecular weight excluding hydrogens is 334 g/mol. The van der Waals surface area contributed by atoms with Gasteiger partial charge >= 0.3 is 0 Å². The van der Waals surface area contributed by atoms with Crippen molar-refractivity contribution in [2.75, 3.05) is 0 Å². The molecule has 0 spiro atoms. The molecule has 0 aliphatic carbocycles. The van der Waals surface area contributed by atoms with E-state index < -0.39 is 0 Å². The monoisotopic (exact) mass is 364 g/mol. The maximum absolute atomic E-state index is 12.3. The molecule has 2 atom stereocenters. The molecule has 0 fully saturated rings. The van der Waals surface area contributed by atoms with Crippen molar-refractivity contribution < 1.29 is 5.32 Å². The molecule has 142 valence electrons. The van der Waals surface area contributed by atoms with Gasteiger partial charge in [-0.3, -0.25) is 4.79 Å². The highest BCUT2D eigenvalue weighted by atomic mass is 16.1. The van der Waals surface area contributed by atoms with Gasteiger partial charge in [0.15, 0.2) is 5.82 Å². The molecule has 0 aliphatic rings. The predicted molar refractivity (Wildman–Crippen MR) is 111 cm³/mol. The highest BCUT2D eigenvalue weighted by Crippen LogP contribution is 2.23. The highest BCUT2D eigenvalue weighted by molar-refractivity contribution is 5.77. The van der Waals surface area contributed by atoms with Gasteiger partial charge in [-0.1, -0.05) is 64.1 Å². The second-order valence-corrected chi connectivity index (χ2v) is 7.72. The molecule has 1 heterocycles. The summed E-state index contributed by atoms with van der Waals surface area (Å²) < 4.78 is 0. The molecule has 2 aromatic carbocycles. The van der Waals surface area contributed by atoms with Crippen LogP contribution in [0.15, 0.2) is 53.3 Å². The smallest absolute Gasteiger partial charge is 0.258 e. The normalized spacial score (nSPS) is 13.8. The van der Waals surface area contributed by atoms with Crippen LogP contribution in [0, 0.1) is 5.92 Å². The summed E-state index contributed by atoms with van der Waals surface area (Å²) in [7, 11) is 0. The van der Waals surface area contributed by atoms with Gasteiger partial charge in [-0.2, -0.15) is 0 Å². The van der Waals surface area contributed by atoms with E-state index in [1.54, 1.807) is 0 Å². The van der Waals surface area contributed by atoms with Crippen LogP contribution in [0.2, 0.25) is 0 Å². The fraction of sp³-hybridized carbons (Fsp3) is 0.391. The summed E-state index contributed by atoms with van der Waals surface area (Å²) >= 11 is 0. The van der Waals surface area contributed by atoms with Crippen LogP contribution >= 0.6 is 0 Å². The average molecular weight is 365 g/mol.